The Kier molecular flexibility index (Phi) is 4.75. The number of nitrogens with two attached hydrogens (primary N) is 2. The second-order valence-corrected chi connectivity index (χ2v) is 5.09. The van der Waals surface area contributed by atoms with Crippen molar-refractivity contribution in [3.05, 3.63) is 65.2 Å². The number of nitrogens with one attached hydrogen (secondary N) is 1. The summed E-state index contributed by atoms with van der Waals surface area (Å²) in [5.74, 6) is -2.58. The van der Waals surface area contributed by atoms with E-state index in [4.69, 9.17) is 11.5 Å². The van der Waals surface area contributed by atoms with Crippen molar-refractivity contribution in [3.63, 3.8) is 0 Å². The van der Waals surface area contributed by atoms with Crippen LogP contribution in [0.1, 0.15) is 34.3 Å². The van der Waals surface area contributed by atoms with Gasteiger partial charge in [0.15, 0.2) is 5.78 Å². The average Bonchev–Trinajstić information content (AvgIpc) is 2.54. The van der Waals surface area contributed by atoms with E-state index in [1.54, 1.807) is 48.5 Å². The molecule has 0 aromatic heterocycles. The summed E-state index contributed by atoms with van der Waals surface area (Å²) >= 11 is 0. The molecule has 118 valence electrons. The van der Waals surface area contributed by atoms with Crippen LogP contribution in [0.25, 0.3) is 0 Å². The van der Waals surface area contributed by atoms with E-state index in [0.29, 0.717) is 11.1 Å². The van der Waals surface area contributed by atoms with Gasteiger partial charge < -0.3 is 9.90 Å². The topological polar surface area (TPSA) is 123 Å². The van der Waals surface area contributed by atoms with Crippen LogP contribution < -0.4 is 21.6 Å². The first-order valence-corrected chi connectivity index (χ1v) is 7.00. The summed E-state index contributed by atoms with van der Waals surface area (Å²) < 4.78 is 0. The summed E-state index contributed by atoms with van der Waals surface area (Å²) in [5.41, 5.74) is 12.4. The van der Waals surface area contributed by atoms with E-state index in [0.717, 1.165) is 0 Å². The lowest BCUT2D eigenvalue weighted by atomic mass is 9.93. The van der Waals surface area contributed by atoms with Crippen LogP contribution in [0, 0.1) is 0 Å². The molecule has 0 amide bonds. The second-order valence-electron chi connectivity index (χ2n) is 5.09. The molecule has 0 spiro atoms. The minimum atomic E-state index is -1.26. The number of carboxylic acid groups (broad SMARTS) is 1. The SMILES string of the molecule is CC(C(=O)[O-])c1cccc(C(=O)c2ccccc2)c1[NH+]=C(N)N. The maximum atomic E-state index is 12.7. The molecule has 23 heavy (non-hydrogen) atoms. The van der Waals surface area contributed by atoms with E-state index in [1.807, 2.05) is 0 Å². The van der Waals surface area contributed by atoms with Crippen LogP contribution in [0.4, 0.5) is 5.69 Å². The lowest BCUT2D eigenvalue weighted by molar-refractivity contribution is -0.358. The number of guanidine groups is 1. The monoisotopic (exact) mass is 311 g/mol. The van der Waals surface area contributed by atoms with E-state index in [2.05, 4.69) is 4.99 Å². The first-order valence-electron chi connectivity index (χ1n) is 7.00. The average molecular weight is 311 g/mol. The van der Waals surface area contributed by atoms with E-state index >= 15 is 0 Å². The van der Waals surface area contributed by atoms with Crippen molar-refractivity contribution in [3.8, 4) is 0 Å². The Morgan fingerprint density at radius 3 is 2.26 bits per heavy atom. The molecule has 0 aliphatic rings. The molecule has 0 aliphatic heterocycles. The maximum absolute atomic E-state index is 12.7. The molecule has 0 bridgehead atoms. The van der Waals surface area contributed by atoms with Gasteiger partial charge in [-0.15, -0.1) is 0 Å². The highest BCUT2D eigenvalue weighted by Gasteiger charge is 2.21. The minimum absolute atomic E-state index is 0.134. The largest absolute Gasteiger partial charge is 0.550 e. The quantitative estimate of drug-likeness (QED) is 0.362. The Morgan fingerprint density at radius 1 is 1.04 bits per heavy atom. The summed E-state index contributed by atoms with van der Waals surface area (Å²) in [5, 5.41) is 11.2. The zero-order valence-corrected chi connectivity index (χ0v) is 12.6. The second kappa shape index (κ2) is 6.74. The molecule has 1 unspecified atom stereocenters. The van der Waals surface area contributed by atoms with E-state index in [9.17, 15) is 14.7 Å². The van der Waals surface area contributed by atoms with Gasteiger partial charge in [-0.1, -0.05) is 49.4 Å². The number of aliphatic carboxylic acids is 1. The van der Waals surface area contributed by atoms with Crippen molar-refractivity contribution < 1.29 is 19.7 Å². The zero-order chi connectivity index (χ0) is 17.0. The van der Waals surface area contributed by atoms with Gasteiger partial charge in [0.25, 0.3) is 0 Å². The highest BCUT2D eigenvalue weighted by atomic mass is 16.4. The summed E-state index contributed by atoms with van der Waals surface area (Å²) in [7, 11) is 0. The lowest BCUT2D eigenvalue weighted by Crippen LogP contribution is -2.73. The molecular formula is C17H17N3O3. The van der Waals surface area contributed by atoms with Crippen LogP contribution in [0.3, 0.4) is 0 Å². The first kappa shape index (κ1) is 16.2. The first-order chi connectivity index (χ1) is 10.9. The van der Waals surface area contributed by atoms with Crippen LogP contribution in [0.15, 0.2) is 48.5 Å². The van der Waals surface area contributed by atoms with Crippen molar-refractivity contribution in [1.82, 2.24) is 0 Å². The van der Waals surface area contributed by atoms with E-state index in [-0.39, 0.29) is 23.0 Å². The molecule has 6 heteroatoms. The molecule has 2 aromatic carbocycles. The molecule has 0 radical (unpaired) electrons. The minimum Gasteiger partial charge on any atom is -0.550 e. The van der Waals surface area contributed by atoms with Crippen molar-refractivity contribution in [2.45, 2.75) is 12.8 Å². The summed E-state index contributed by atoms with van der Waals surface area (Å²) in [4.78, 5) is 26.6. The molecule has 2 rings (SSSR count). The van der Waals surface area contributed by atoms with E-state index in [1.165, 1.54) is 6.92 Å². The predicted octanol–water partition coefficient (Wildman–Crippen LogP) is -1.24. The third-order valence-electron chi connectivity index (χ3n) is 3.47. The van der Waals surface area contributed by atoms with Crippen molar-refractivity contribution in [2.24, 2.45) is 11.5 Å². The standard InChI is InChI=1S/C17H17N3O3/c1-10(16(22)23)12-8-5-9-13(14(12)20-17(18)19)15(21)11-6-3-2-4-7-11/h2-10H,1H3,(H,22,23)(H4,18,19,20). The number of para-hydroxylation sites is 1. The number of carbonyl (C=O) groups is 2. The van der Waals surface area contributed by atoms with Crippen LogP contribution >= 0.6 is 0 Å². The van der Waals surface area contributed by atoms with Gasteiger partial charge in [0, 0.05) is 23.0 Å². The van der Waals surface area contributed by atoms with Crippen molar-refractivity contribution in [1.29, 1.82) is 0 Å². The number of benzene rings is 2. The van der Waals surface area contributed by atoms with Gasteiger partial charge in [0.05, 0.1) is 5.56 Å². The van der Waals surface area contributed by atoms with Gasteiger partial charge >= 0.3 is 5.96 Å². The fourth-order valence-corrected chi connectivity index (χ4v) is 2.28. The Bertz CT molecular complexity index is 766. The Hall–Kier alpha value is -3.15. The molecule has 0 fully saturated rings. The smallest absolute Gasteiger partial charge is 0.343 e. The zero-order valence-electron chi connectivity index (χ0n) is 12.6. The van der Waals surface area contributed by atoms with Crippen LogP contribution in [0.2, 0.25) is 0 Å². The lowest BCUT2D eigenvalue weighted by Gasteiger charge is -2.16. The predicted molar refractivity (Wildman–Crippen MR) is 83.7 cm³/mol. The molecule has 0 saturated carbocycles. The molecule has 5 N–H and O–H groups in total. The Morgan fingerprint density at radius 2 is 1.70 bits per heavy atom. The Balaban J connectivity index is 2.64. The number of hydrogen-bond donors (Lipinski definition) is 3. The molecule has 1 atom stereocenters. The number of hydrogen-bond acceptors (Lipinski definition) is 3. The molecular weight excluding hydrogens is 294 g/mol. The number of ketones is 1. The molecule has 6 nitrogen and oxygen atoms in total. The number of rotatable bonds is 5. The Labute approximate surface area is 133 Å². The van der Waals surface area contributed by atoms with Crippen LogP contribution in [0.5, 0.6) is 0 Å². The highest BCUT2D eigenvalue weighted by Crippen LogP contribution is 2.25. The van der Waals surface area contributed by atoms with Crippen molar-refractivity contribution in [2.75, 3.05) is 0 Å². The van der Waals surface area contributed by atoms with Crippen molar-refractivity contribution >= 4 is 23.4 Å². The molecule has 0 aliphatic carbocycles. The van der Waals surface area contributed by atoms with Gasteiger partial charge in [0.2, 0.25) is 0 Å². The summed E-state index contributed by atoms with van der Waals surface area (Å²) in [6.45, 7) is 1.47. The molecule has 0 saturated heterocycles. The third kappa shape index (κ3) is 3.55. The summed E-state index contributed by atoms with van der Waals surface area (Å²) in [6, 6.07) is 13.4. The van der Waals surface area contributed by atoms with Crippen LogP contribution in [-0.2, 0) is 4.79 Å². The van der Waals surface area contributed by atoms with Gasteiger partial charge in [-0.25, -0.2) is 4.99 Å². The third-order valence-corrected chi connectivity index (χ3v) is 3.47. The van der Waals surface area contributed by atoms with Crippen LogP contribution in [-0.4, -0.2) is 17.7 Å². The van der Waals surface area contributed by atoms with E-state index < -0.39 is 11.9 Å². The van der Waals surface area contributed by atoms with Gasteiger partial charge in [-0.05, 0) is 6.07 Å². The normalized spacial score (nSPS) is 11.5. The number of carboxylic acids is 1. The van der Waals surface area contributed by atoms with Gasteiger partial charge in [0.1, 0.15) is 5.69 Å². The van der Waals surface area contributed by atoms with Gasteiger partial charge in [-0.3, -0.25) is 16.3 Å². The molecule has 0 heterocycles. The highest BCUT2D eigenvalue weighted by molar-refractivity contribution is 6.12. The maximum Gasteiger partial charge on any atom is 0.343 e. The fraction of sp³-hybridized carbons (Fsp3) is 0.118. The van der Waals surface area contributed by atoms with Gasteiger partial charge in [-0.2, -0.15) is 0 Å². The summed E-state index contributed by atoms with van der Waals surface area (Å²) in [6.07, 6.45) is 0. The molecule has 2 aromatic rings. The number of carbonyl (C=O) groups excluding carboxylic acids is 2. The fourth-order valence-electron chi connectivity index (χ4n) is 2.28.